The molecule has 0 N–H and O–H groups in total. The van der Waals surface area contributed by atoms with E-state index in [1.807, 2.05) is 86.3 Å². The number of halogens is 1. The van der Waals surface area contributed by atoms with Gasteiger partial charge in [-0.2, -0.15) is 0 Å². The maximum Gasteiger partial charge on any atom is 0.251 e. The van der Waals surface area contributed by atoms with Crippen LogP contribution in [0.4, 0.5) is 0 Å². The van der Waals surface area contributed by atoms with E-state index in [-0.39, 0.29) is 18.9 Å². The second-order valence-electron chi connectivity index (χ2n) is 8.37. The third-order valence-corrected chi connectivity index (χ3v) is 6.55. The molecule has 1 atom stereocenters. The predicted octanol–water partition coefficient (Wildman–Crippen LogP) is 7.42. The number of fused-ring (bicyclic) bond motifs is 1. The molecule has 5 rings (SSSR count). The van der Waals surface area contributed by atoms with Gasteiger partial charge in [0.2, 0.25) is 0 Å². The van der Waals surface area contributed by atoms with Crippen molar-refractivity contribution in [1.82, 2.24) is 14.1 Å². The van der Waals surface area contributed by atoms with E-state index in [2.05, 4.69) is 23.0 Å². The van der Waals surface area contributed by atoms with E-state index >= 15 is 0 Å². The molecular formula is C32H32ClN3O. The standard InChI is InChI=1S/C29H22ClN3O.C2H6.CH4/c1-4-19-6-5-7-21(14-19)24-16-28(34)33(3)26-13-10-22(15-25(24)26)29(27-17-31-18-32(27)2)20-8-11-23(30)12-9-20;1-2;/h1,5-18,29H,2-3H3;1-2H3;1H4. The van der Waals surface area contributed by atoms with Gasteiger partial charge in [0.05, 0.1) is 17.8 Å². The van der Waals surface area contributed by atoms with Crippen LogP contribution in [0.15, 0.2) is 90.1 Å². The fraction of sp³-hybridized carbons (Fsp3) is 0.188. The smallest absolute Gasteiger partial charge is 0.251 e. The van der Waals surface area contributed by atoms with Gasteiger partial charge in [0, 0.05) is 48.0 Å². The lowest BCUT2D eigenvalue weighted by Crippen LogP contribution is -2.16. The highest BCUT2D eigenvalue weighted by Crippen LogP contribution is 2.36. The molecule has 1 unspecified atom stereocenters. The maximum atomic E-state index is 12.8. The Morgan fingerprint density at radius 2 is 1.65 bits per heavy atom. The highest BCUT2D eigenvalue weighted by molar-refractivity contribution is 6.30. The van der Waals surface area contributed by atoms with Gasteiger partial charge in [0.15, 0.2) is 0 Å². The summed E-state index contributed by atoms with van der Waals surface area (Å²) in [4.78, 5) is 17.1. The van der Waals surface area contributed by atoms with E-state index in [0.717, 1.165) is 44.4 Å². The Bertz CT molecular complexity index is 1620. The van der Waals surface area contributed by atoms with Crippen LogP contribution >= 0.6 is 11.6 Å². The summed E-state index contributed by atoms with van der Waals surface area (Å²) in [7, 11) is 3.79. The van der Waals surface area contributed by atoms with Crippen molar-refractivity contribution in [2.75, 3.05) is 0 Å². The molecule has 5 aromatic rings. The predicted molar refractivity (Wildman–Crippen MR) is 156 cm³/mol. The summed E-state index contributed by atoms with van der Waals surface area (Å²) in [5.74, 6) is 2.63. The summed E-state index contributed by atoms with van der Waals surface area (Å²) in [6.07, 6.45) is 9.33. The first-order chi connectivity index (χ1) is 17.5. The van der Waals surface area contributed by atoms with Crippen molar-refractivity contribution in [3.8, 4) is 23.5 Å². The van der Waals surface area contributed by atoms with Crippen molar-refractivity contribution in [2.45, 2.75) is 27.2 Å². The average Bonchev–Trinajstić information content (AvgIpc) is 3.33. The van der Waals surface area contributed by atoms with Crippen LogP contribution in [0.5, 0.6) is 0 Å². The summed E-state index contributed by atoms with van der Waals surface area (Å²) in [6, 6.07) is 23.6. The quantitative estimate of drug-likeness (QED) is 0.236. The SMILES string of the molecule is C.C#Cc1cccc(-c2cc(=O)n(C)c3ccc(C(c4ccc(Cl)cc4)c4cncn4C)cc23)c1.CC. The van der Waals surface area contributed by atoms with Gasteiger partial charge in [-0.05, 0) is 58.7 Å². The van der Waals surface area contributed by atoms with E-state index in [4.69, 9.17) is 18.0 Å². The van der Waals surface area contributed by atoms with Crippen LogP contribution < -0.4 is 5.56 Å². The number of terminal acetylenes is 1. The summed E-state index contributed by atoms with van der Waals surface area (Å²) in [5, 5.41) is 1.67. The Labute approximate surface area is 224 Å². The van der Waals surface area contributed by atoms with Crippen molar-refractivity contribution >= 4 is 22.5 Å². The van der Waals surface area contributed by atoms with E-state index < -0.39 is 0 Å². The molecule has 2 heterocycles. The van der Waals surface area contributed by atoms with Crippen LogP contribution in [-0.2, 0) is 14.1 Å². The van der Waals surface area contributed by atoms with Crippen molar-refractivity contribution in [3.63, 3.8) is 0 Å². The zero-order valence-corrected chi connectivity index (χ0v) is 21.6. The summed E-state index contributed by atoms with van der Waals surface area (Å²) in [6.45, 7) is 4.00. The number of imidazole rings is 1. The monoisotopic (exact) mass is 509 g/mol. The van der Waals surface area contributed by atoms with Crippen LogP contribution in [0, 0.1) is 12.3 Å². The molecule has 37 heavy (non-hydrogen) atoms. The van der Waals surface area contributed by atoms with Crippen molar-refractivity contribution < 1.29 is 0 Å². The van der Waals surface area contributed by atoms with Gasteiger partial charge >= 0.3 is 0 Å². The first-order valence-corrected chi connectivity index (χ1v) is 12.3. The van der Waals surface area contributed by atoms with E-state index in [0.29, 0.717) is 5.02 Å². The molecular weight excluding hydrogens is 478 g/mol. The van der Waals surface area contributed by atoms with Crippen LogP contribution in [0.2, 0.25) is 5.02 Å². The number of pyridine rings is 1. The first kappa shape index (κ1) is 27.5. The van der Waals surface area contributed by atoms with E-state index in [9.17, 15) is 4.79 Å². The van der Waals surface area contributed by atoms with Gasteiger partial charge in [0.25, 0.3) is 5.56 Å². The Hall–Kier alpha value is -4.07. The third-order valence-electron chi connectivity index (χ3n) is 6.30. The minimum Gasteiger partial charge on any atom is -0.337 e. The Morgan fingerprint density at radius 3 is 2.30 bits per heavy atom. The number of nitrogens with zero attached hydrogens (tertiary/aromatic N) is 3. The lowest BCUT2D eigenvalue weighted by molar-refractivity contribution is 0.793. The summed E-state index contributed by atoms with van der Waals surface area (Å²) >= 11 is 6.18. The highest BCUT2D eigenvalue weighted by atomic mass is 35.5. The minimum atomic E-state index is -0.0674. The average molecular weight is 510 g/mol. The van der Waals surface area contributed by atoms with Gasteiger partial charge in [-0.3, -0.25) is 4.79 Å². The fourth-order valence-corrected chi connectivity index (χ4v) is 4.63. The maximum absolute atomic E-state index is 12.8. The molecule has 0 fully saturated rings. The van der Waals surface area contributed by atoms with Crippen LogP contribution in [0.3, 0.4) is 0 Å². The number of hydrogen-bond acceptors (Lipinski definition) is 2. The molecule has 0 aliphatic rings. The first-order valence-electron chi connectivity index (χ1n) is 11.9. The number of aromatic nitrogens is 3. The number of aryl methyl sites for hydroxylation is 2. The highest BCUT2D eigenvalue weighted by Gasteiger charge is 2.21. The molecule has 0 saturated carbocycles. The van der Waals surface area contributed by atoms with Crippen LogP contribution in [-0.4, -0.2) is 14.1 Å². The molecule has 0 amide bonds. The summed E-state index contributed by atoms with van der Waals surface area (Å²) in [5.41, 5.74) is 6.59. The van der Waals surface area contributed by atoms with Gasteiger partial charge < -0.3 is 9.13 Å². The largest absolute Gasteiger partial charge is 0.337 e. The lowest BCUT2D eigenvalue weighted by atomic mass is 9.87. The molecule has 0 saturated heterocycles. The van der Waals surface area contributed by atoms with Crippen LogP contribution in [0.1, 0.15) is 49.6 Å². The number of rotatable bonds is 4. The zero-order valence-electron chi connectivity index (χ0n) is 20.9. The molecule has 188 valence electrons. The van der Waals surface area contributed by atoms with Gasteiger partial charge in [-0.25, -0.2) is 4.98 Å². The van der Waals surface area contributed by atoms with E-state index in [1.165, 1.54) is 0 Å². The van der Waals surface area contributed by atoms with Crippen molar-refractivity contribution in [1.29, 1.82) is 0 Å². The van der Waals surface area contributed by atoms with Crippen molar-refractivity contribution in [2.24, 2.45) is 14.1 Å². The third kappa shape index (κ3) is 5.38. The Balaban J connectivity index is 0.00000124. The Morgan fingerprint density at radius 1 is 0.946 bits per heavy atom. The molecule has 2 aromatic heterocycles. The molecule has 5 heteroatoms. The summed E-state index contributed by atoms with van der Waals surface area (Å²) < 4.78 is 3.70. The number of benzene rings is 3. The van der Waals surface area contributed by atoms with Crippen molar-refractivity contribution in [3.05, 3.63) is 123 Å². The molecule has 0 radical (unpaired) electrons. The van der Waals surface area contributed by atoms with Gasteiger partial charge in [-0.1, -0.05) is 69.1 Å². The number of hydrogen-bond donors (Lipinski definition) is 0. The fourth-order valence-electron chi connectivity index (χ4n) is 4.51. The van der Waals surface area contributed by atoms with Gasteiger partial charge in [-0.15, -0.1) is 6.42 Å². The van der Waals surface area contributed by atoms with Gasteiger partial charge in [0.1, 0.15) is 0 Å². The van der Waals surface area contributed by atoms with E-state index in [1.54, 1.807) is 24.0 Å². The molecule has 4 nitrogen and oxygen atoms in total. The normalized spacial score (nSPS) is 11.1. The van der Waals surface area contributed by atoms with Crippen LogP contribution in [0.25, 0.3) is 22.0 Å². The molecule has 0 aliphatic carbocycles. The molecule has 0 bridgehead atoms. The molecule has 0 spiro atoms. The zero-order chi connectivity index (χ0) is 25.8. The Kier molecular flexibility index (Phi) is 8.76. The minimum absolute atomic E-state index is 0. The molecule has 0 aliphatic heterocycles. The molecule has 3 aromatic carbocycles. The topological polar surface area (TPSA) is 39.8 Å². The second kappa shape index (κ2) is 11.8. The second-order valence-corrected chi connectivity index (χ2v) is 8.81. The lowest BCUT2D eigenvalue weighted by Gasteiger charge is -2.21.